The zero-order chi connectivity index (χ0) is 16.3. The molecule has 0 aromatic heterocycles. The summed E-state index contributed by atoms with van der Waals surface area (Å²) in [6.45, 7) is 7.16. The number of anilines is 1. The molecule has 0 bridgehead atoms. The predicted octanol–water partition coefficient (Wildman–Crippen LogP) is 2.37. The number of nitrogens with one attached hydrogen (secondary N) is 1. The molecule has 1 amide bonds. The Balaban J connectivity index is 0.000000847. The van der Waals surface area contributed by atoms with Gasteiger partial charge >= 0.3 is 0 Å². The maximum Gasteiger partial charge on any atom is 0.238 e. The van der Waals surface area contributed by atoms with Crippen molar-refractivity contribution < 1.29 is 4.79 Å². The van der Waals surface area contributed by atoms with Crippen LogP contribution in [0.25, 0.3) is 0 Å². The van der Waals surface area contributed by atoms with Gasteiger partial charge in [-0.05, 0) is 38.1 Å². The highest BCUT2D eigenvalue weighted by Gasteiger charge is 2.43. The number of carbonyl (C=O) groups is 1. The Kier molecular flexibility index (Phi) is 5.42. The molecule has 0 saturated carbocycles. The summed E-state index contributed by atoms with van der Waals surface area (Å²) in [5.41, 5.74) is 11.2. The van der Waals surface area contributed by atoms with Gasteiger partial charge in [-0.15, -0.1) is 0 Å². The van der Waals surface area contributed by atoms with Crippen LogP contribution in [0.5, 0.6) is 0 Å². The standard InChI is InChI=1S/C14H17ClN4O.C2H6/c1-8-12-13(18-17-8)10-7-9(15)3-4-11(10)19(14(12)20)6-2-5-16;1-2/h3-4,7-8,12,17H,2,5-6,16H2,1H3;1-2H3. The van der Waals surface area contributed by atoms with Crippen LogP contribution in [0.15, 0.2) is 23.3 Å². The van der Waals surface area contributed by atoms with Crippen LogP contribution in [0.2, 0.25) is 5.02 Å². The Bertz CT molecular complexity index is 588. The molecule has 0 radical (unpaired) electrons. The van der Waals surface area contributed by atoms with Crippen LogP contribution in [-0.4, -0.2) is 30.8 Å². The van der Waals surface area contributed by atoms with Crippen LogP contribution in [0, 0.1) is 5.92 Å². The van der Waals surface area contributed by atoms with Crippen LogP contribution < -0.4 is 16.1 Å². The Morgan fingerprint density at radius 1 is 1.41 bits per heavy atom. The molecule has 1 aromatic rings. The minimum atomic E-state index is -0.237. The minimum Gasteiger partial charge on any atom is -0.330 e. The van der Waals surface area contributed by atoms with Crippen molar-refractivity contribution in [2.24, 2.45) is 16.8 Å². The summed E-state index contributed by atoms with van der Waals surface area (Å²) in [7, 11) is 0. The van der Waals surface area contributed by atoms with Gasteiger partial charge in [0.05, 0.1) is 17.4 Å². The van der Waals surface area contributed by atoms with Crippen molar-refractivity contribution in [2.45, 2.75) is 33.2 Å². The van der Waals surface area contributed by atoms with Crippen LogP contribution in [0.3, 0.4) is 0 Å². The summed E-state index contributed by atoms with van der Waals surface area (Å²) in [6.07, 6.45) is 0.773. The van der Waals surface area contributed by atoms with Crippen LogP contribution in [0.1, 0.15) is 32.8 Å². The van der Waals surface area contributed by atoms with E-state index in [0.29, 0.717) is 18.1 Å². The quantitative estimate of drug-likeness (QED) is 0.897. The molecule has 2 aliphatic rings. The van der Waals surface area contributed by atoms with Gasteiger partial charge in [0.2, 0.25) is 5.91 Å². The van der Waals surface area contributed by atoms with E-state index < -0.39 is 0 Å². The number of fused-ring (bicyclic) bond motifs is 3. The van der Waals surface area contributed by atoms with Crippen molar-refractivity contribution in [3.05, 3.63) is 28.8 Å². The summed E-state index contributed by atoms with van der Waals surface area (Å²) >= 11 is 6.09. The summed E-state index contributed by atoms with van der Waals surface area (Å²) in [4.78, 5) is 14.5. The molecule has 0 saturated heterocycles. The number of nitrogens with zero attached hydrogens (tertiary/aromatic N) is 2. The fourth-order valence-electron chi connectivity index (χ4n) is 2.83. The first kappa shape index (κ1) is 16.8. The van der Waals surface area contributed by atoms with Crippen LogP contribution >= 0.6 is 11.6 Å². The lowest BCUT2D eigenvalue weighted by Gasteiger charge is -2.34. The van der Waals surface area contributed by atoms with E-state index in [2.05, 4.69) is 10.5 Å². The smallest absolute Gasteiger partial charge is 0.238 e. The molecule has 0 spiro atoms. The maximum atomic E-state index is 12.7. The number of hydrogen-bond donors (Lipinski definition) is 2. The molecular weight excluding hydrogens is 300 g/mol. The van der Waals surface area contributed by atoms with E-state index in [9.17, 15) is 4.79 Å². The molecule has 2 aliphatic heterocycles. The lowest BCUT2D eigenvalue weighted by Crippen LogP contribution is -2.48. The highest BCUT2D eigenvalue weighted by molar-refractivity contribution is 6.32. The SMILES string of the molecule is CC.CC1NN=C2c3cc(Cl)ccc3N(CCCN)C(=O)C21. The topological polar surface area (TPSA) is 70.7 Å². The van der Waals surface area contributed by atoms with Crippen molar-refractivity contribution in [1.82, 2.24) is 5.43 Å². The summed E-state index contributed by atoms with van der Waals surface area (Å²) in [5.74, 6) is -0.150. The van der Waals surface area contributed by atoms with Crippen molar-refractivity contribution >= 4 is 28.9 Å². The van der Waals surface area contributed by atoms with Gasteiger partial charge in [0, 0.05) is 17.1 Å². The molecule has 120 valence electrons. The largest absolute Gasteiger partial charge is 0.330 e. The van der Waals surface area contributed by atoms with E-state index >= 15 is 0 Å². The van der Waals surface area contributed by atoms with Gasteiger partial charge in [-0.25, -0.2) is 0 Å². The van der Waals surface area contributed by atoms with E-state index in [4.69, 9.17) is 17.3 Å². The van der Waals surface area contributed by atoms with Crippen LogP contribution in [-0.2, 0) is 4.79 Å². The Hall–Kier alpha value is -1.59. The summed E-state index contributed by atoms with van der Waals surface area (Å²) in [5, 5.41) is 4.97. The van der Waals surface area contributed by atoms with E-state index in [1.165, 1.54) is 0 Å². The van der Waals surface area contributed by atoms with Gasteiger partial charge in [-0.2, -0.15) is 5.10 Å². The monoisotopic (exact) mass is 322 g/mol. The highest BCUT2D eigenvalue weighted by Crippen LogP contribution is 2.36. The first-order valence-corrected chi connectivity index (χ1v) is 8.15. The van der Waals surface area contributed by atoms with Gasteiger partial charge in [-0.1, -0.05) is 25.4 Å². The molecule has 2 heterocycles. The fraction of sp³-hybridized carbons (Fsp3) is 0.500. The third kappa shape index (κ3) is 2.83. The molecule has 3 rings (SSSR count). The average molecular weight is 323 g/mol. The normalized spacial score (nSPS) is 22.1. The van der Waals surface area contributed by atoms with Gasteiger partial charge in [-0.3, -0.25) is 4.79 Å². The first-order chi connectivity index (χ1) is 10.6. The summed E-state index contributed by atoms with van der Waals surface area (Å²) < 4.78 is 0. The second-order valence-electron chi connectivity index (χ2n) is 5.19. The lowest BCUT2D eigenvalue weighted by atomic mass is 9.86. The van der Waals surface area contributed by atoms with Crippen molar-refractivity contribution in [3.63, 3.8) is 0 Å². The average Bonchev–Trinajstić information content (AvgIpc) is 2.92. The number of benzene rings is 1. The second-order valence-corrected chi connectivity index (χ2v) is 5.62. The number of halogens is 1. The van der Waals surface area contributed by atoms with Crippen molar-refractivity contribution in [2.75, 3.05) is 18.0 Å². The number of carbonyl (C=O) groups excluding carboxylic acids is 1. The fourth-order valence-corrected chi connectivity index (χ4v) is 3.00. The highest BCUT2D eigenvalue weighted by atomic mass is 35.5. The van der Waals surface area contributed by atoms with Crippen molar-refractivity contribution in [1.29, 1.82) is 0 Å². The van der Waals surface area contributed by atoms with Crippen LogP contribution in [0.4, 0.5) is 5.69 Å². The molecule has 1 aromatic carbocycles. The molecule has 2 unspecified atom stereocenters. The molecule has 2 atom stereocenters. The number of amides is 1. The van der Waals surface area contributed by atoms with Gasteiger partial charge in [0.25, 0.3) is 0 Å². The van der Waals surface area contributed by atoms with Gasteiger partial charge in [0.15, 0.2) is 0 Å². The minimum absolute atomic E-state index is 0.00464. The van der Waals surface area contributed by atoms with Gasteiger partial charge < -0.3 is 16.1 Å². The zero-order valence-electron chi connectivity index (χ0n) is 13.3. The Morgan fingerprint density at radius 2 is 2.14 bits per heavy atom. The molecule has 0 fully saturated rings. The van der Waals surface area contributed by atoms with E-state index in [1.54, 1.807) is 6.07 Å². The first-order valence-electron chi connectivity index (χ1n) is 7.78. The molecule has 0 aliphatic carbocycles. The van der Waals surface area contributed by atoms with E-state index in [1.807, 2.05) is 37.8 Å². The molecule has 3 N–H and O–H groups in total. The van der Waals surface area contributed by atoms with E-state index in [-0.39, 0.29) is 17.9 Å². The number of nitrogens with two attached hydrogens (primary N) is 1. The zero-order valence-corrected chi connectivity index (χ0v) is 14.0. The molecule has 5 nitrogen and oxygen atoms in total. The second kappa shape index (κ2) is 7.11. The lowest BCUT2D eigenvalue weighted by molar-refractivity contribution is -0.121. The maximum absolute atomic E-state index is 12.7. The molecule has 6 heteroatoms. The Morgan fingerprint density at radius 3 is 2.82 bits per heavy atom. The van der Waals surface area contributed by atoms with E-state index in [0.717, 1.165) is 23.4 Å². The number of rotatable bonds is 3. The molecular formula is C16H23ClN4O. The third-order valence-corrected chi connectivity index (χ3v) is 4.06. The van der Waals surface area contributed by atoms with Gasteiger partial charge in [0.1, 0.15) is 5.92 Å². The summed E-state index contributed by atoms with van der Waals surface area (Å²) in [6, 6.07) is 5.57. The number of hydrogen-bond acceptors (Lipinski definition) is 4. The molecule has 22 heavy (non-hydrogen) atoms. The Labute approximate surface area is 136 Å². The van der Waals surface area contributed by atoms with Crippen molar-refractivity contribution in [3.8, 4) is 0 Å². The third-order valence-electron chi connectivity index (χ3n) is 3.83. The predicted molar refractivity (Wildman–Crippen MR) is 91.4 cm³/mol. The number of hydrazone groups is 1.